The maximum atomic E-state index is 13.0. The molecular formula is C8H13Cl2FN4. The van der Waals surface area contributed by atoms with Gasteiger partial charge in [-0.25, -0.2) is 9.82 Å². The molecule has 0 saturated carbocycles. The molecule has 0 saturated heterocycles. The highest BCUT2D eigenvalue weighted by Gasteiger charge is 1.98. The lowest BCUT2D eigenvalue weighted by Crippen LogP contribution is -2.41. The van der Waals surface area contributed by atoms with Gasteiger partial charge in [0.2, 0.25) is 0 Å². The van der Waals surface area contributed by atoms with Crippen molar-refractivity contribution in [2.24, 2.45) is 5.73 Å². The molecule has 0 aliphatic rings. The Morgan fingerprint density at radius 2 is 1.93 bits per heavy atom. The number of nitrogens with two attached hydrogens (primary N) is 1. The number of hydrogen-bond donors (Lipinski definition) is 4. The fourth-order valence-electron chi connectivity index (χ4n) is 0.876. The highest BCUT2D eigenvalue weighted by molar-refractivity contribution is 5.85. The first-order valence-corrected chi connectivity index (χ1v) is 3.76. The molecular weight excluding hydrogens is 242 g/mol. The predicted octanol–water partition coefficient (Wildman–Crippen LogP) is 1.16. The Labute approximate surface area is 99.7 Å². The van der Waals surface area contributed by atoms with Crippen LogP contribution in [-0.4, -0.2) is 5.96 Å². The molecule has 86 valence electrons. The zero-order chi connectivity index (χ0) is 9.68. The molecule has 0 spiro atoms. The van der Waals surface area contributed by atoms with Crippen LogP contribution in [0.4, 0.5) is 4.39 Å². The minimum absolute atomic E-state index is 0. The molecule has 7 heteroatoms. The number of halogens is 3. The van der Waals surface area contributed by atoms with Gasteiger partial charge in [-0.05, 0) is 6.07 Å². The zero-order valence-electron chi connectivity index (χ0n) is 7.79. The summed E-state index contributed by atoms with van der Waals surface area (Å²) in [5.74, 6) is -0.475. The first-order chi connectivity index (χ1) is 6.20. The van der Waals surface area contributed by atoms with Crippen LogP contribution in [0.15, 0.2) is 24.3 Å². The number of rotatable bonds is 3. The molecule has 4 nitrogen and oxygen atoms in total. The van der Waals surface area contributed by atoms with Crippen molar-refractivity contribution < 1.29 is 4.39 Å². The molecule has 0 radical (unpaired) electrons. The van der Waals surface area contributed by atoms with Crippen molar-refractivity contribution in [1.82, 2.24) is 10.9 Å². The van der Waals surface area contributed by atoms with E-state index >= 15 is 0 Å². The largest absolute Gasteiger partial charge is 0.369 e. The summed E-state index contributed by atoms with van der Waals surface area (Å²) in [6.07, 6.45) is 0. The normalized spacial score (nSPS) is 8.33. The Balaban J connectivity index is 0. The van der Waals surface area contributed by atoms with Crippen molar-refractivity contribution in [2.75, 3.05) is 0 Å². The second-order valence-electron chi connectivity index (χ2n) is 2.48. The Morgan fingerprint density at radius 3 is 2.47 bits per heavy atom. The number of benzene rings is 1. The van der Waals surface area contributed by atoms with Crippen LogP contribution in [0.3, 0.4) is 0 Å². The highest BCUT2D eigenvalue weighted by atomic mass is 35.5. The predicted molar refractivity (Wildman–Crippen MR) is 62.8 cm³/mol. The average molecular weight is 255 g/mol. The van der Waals surface area contributed by atoms with E-state index in [0.29, 0.717) is 5.56 Å². The molecule has 15 heavy (non-hydrogen) atoms. The molecule has 1 aromatic rings. The van der Waals surface area contributed by atoms with Crippen LogP contribution in [0.25, 0.3) is 0 Å². The Bertz CT molecular complexity index is 308. The van der Waals surface area contributed by atoms with Gasteiger partial charge in [-0.15, -0.1) is 24.8 Å². The smallest absolute Gasteiger partial charge is 0.200 e. The van der Waals surface area contributed by atoms with Crippen LogP contribution in [0.5, 0.6) is 0 Å². The quantitative estimate of drug-likeness (QED) is 0.372. The molecule has 0 heterocycles. The van der Waals surface area contributed by atoms with Gasteiger partial charge in [-0.3, -0.25) is 10.8 Å². The molecule has 5 N–H and O–H groups in total. The molecule has 0 unspecified atom stereocenters. The minimum atomic E-state index is -0.277. The van der Waals surface area contributed by atoms with E-state index in [-0.39, 0.29) is 43.1 Å². The van der Waals surface area contributed by atoms with Crippen LogP contribution < -0.4 is 16.6 Å². The van der Waals surface area contributed by atoms with Crippen LogP contribution in [0.1, 0.15) is 5.56 Å². The number of hydrazine groups is 1. The fourth-order valence-corrected chi connectivity index (χ4v) is 0.876. The summed E-state index contributed by atoms with van der Waals surface area (Å²) >= 11 is 0. The summed E-state index contributed by atoms with van der Waals surface area (Å²) in [6, 6.07) is 6.40. The van der Waals surface area contributed by atoms with Crippen molar-refractivity contribution >= 4 is 30.8 Å². The zero-order valence-corrected chi connectivity index (χ0v) is 9.42. The Hall–Kier alpha value is -1.04. The van der Waals surface area contributed by atoms with Gasteiger partial charge >= 0.3 is 0 Å². The van der Waals surface area contributed by atoms with E-state index in [9.17, 15) is 4.39 Å². The maximum absolute atomic E-state index is 13.0. The second-order valence-corrected chi connectivity index (χ2v) is 2.48. The van der Waals surface area contributed by atoms with E-state index in [0.717, 1.165) is 0 Å². The van der Waals surface area contributed by atoms with Crippen molar-refractivity contribution in [3.8, 4) is 0 Å². The maximum Gasteiger partial charge on any atom is 0.200 e. The first kappa shape index (κ1) is 16.4. The van der Waals surface area contributed by atoms with Gasteiger partial charge in [0.1, 0.15) is 5.82 Å². The van der Waals surface area contributed by atoms with E-state index in [1.165, 1.54) is 6.07 Å². The molecule has 0 bridgehead atoms. The molecule has 0 aliphatic heterocycles. The summed E-state index contributed by atoms with van der Waals surface area (Å²) in [5.41, 5.74) is 10.5. The molecule has 1 aromatic carbocycles. The van der Waals surface area contributed by atoms with Gasteiger partial charge in [-0.2, -0.15) is 0 Å². The van der Waals surface area contributed by atoms with Crippen molar-refractivity contribution in [2.45, 2.75) is 6.54 Å². The molecule has 0 fully saturated rings. The Kier molecular flexibility index (Phi) is 9.05. The van der Waals surface area contributed by atoms with Crippen LogP contribution in [0, 0.1) is 11.2 Å². The lowest BCUT2D eigenvalue weighted by Gasteiger charge is -2.06. The fraction of sp³-hybridized carbons (Fsp3) is 0.125. The Morgan fingerprint density at radius 1 is 1.33 bits per heavy atom. The van der Waals surface area contributed by atoms with E-state index in [1.54, 1.807) is 18.2 Å². The summed E-state index contributed by atoms with van der Waals surface area (Å²) in [4.78, 5) is 0. The van der Waals surface area contributed by atoms with Gasteiger partial charge < -0.3 is 5.73 Å². The minimum Gasteiger partial charge on any atom is -0.369 e. The van der Waals surface area contributed by atoms with Gasteiger partial charge in [0.05, 0.1) is 0 Å². The third-order valence-corrected chi connectivity index (χ3v) is 1.46. The highest BCUT2D eigenvalue weighted by Crippen LogP contribution is 2.04. The van der Waals surface area contributed by atoms with E-state index in [4.69, 9.17) is 11.1 Å². The number of guanidine groups is 1. The SMILES string of the molecule is Cl.Cl.N=C(N)NNCc1ccccc1F. The third kappa shape index (κ3) is 6.11. The van der Waals surface area contributed by atoms with E-state index < -0.39 is 0 Å². The summed E-state index contributed by atoms with van der Waals surface area (Å²) < 4.78 is 13.0. The molecule has 0 amide bonds. The lowest BCUT2D eigenvalue weighted by atomic mass is 10.2. The number of nitrogens with one attached hydrogen (secondary N) is 3. The van der Waals surface area contributed by atoms with Crippen LogP contribution in [0.2, 0.25) is 0 Å². The van der Waals surface area contributed by atoms with Crippen molar-refractivity contribution in [3.05, 3.63) is 35.6 Å². The van der Waals surface area contributed by atoms with Crippen molar-refractivity contribution in [3.63, 3.8) is 0 Å². The number of hydrogen-bond acceptors (Lipinski definition) is 2. The van der Waals surface area contributed by atoms with Gasteiger partial charge in [0, 0.05) is 12.1 Å². The molecule has 0 aromatic heterocycles. The van der Waals surface area contributed by atoms with Gasteiger partial charge in [0.25, 0.3) is 0 Å². The van der Waals surface area contributed by atoms with E-state index in [1.807, 2.05) is 0 Å². The van der Waals surface area contributed by atoms with Crippen molar-refractivity contribution in [1.29, 1.82) is 5.41 Å². The standard InChI is InChI=1S/C8H11FN4.2ClH/c9-7-4-2-1-3-6(7)5-12-13-8(10)11;;/h1-4,12H,5H2,(H4,10,11,13);2*1H. The summed E-state index contributed by atoms with van der Waals surface area (Å²) in [6.45, 7) is 0.284. The van der Waals surface area contributed by atoms with Gasteiger partial charge in [0.15, 0.2) is 5.96 Å². The van der Waals surface area contributed by atoms with Crippen LogP contribution >= 0.6 is 24.8 Å². The first-order valence-electron chi connectivity index (χ1n) is 3.76. The topological polar surface area (TPSA) is 73.9 Å². The van der Waals surface area contributed by atoms with E-state index in [2.05, 4.69) is 10.9 Å². The third-order valence-electron chi connectivity index (χ3n) is 1.46. The lowest BCUT2D eigenvalue weighted by molar-refractivity contribution is 0.576. The summed E-state index contributed by atoms with van der Waals surface area (Å²) in [5, 5.41) is 6.82. The van der Waals surface area contributed by atoms with Gasteiger partial charge in [-0.1, -0.05) is 18.2 Å². The molecule has 0 aliphatic carbocycles. The molecule has 0 atom stereocenters. The van der Waals surface area contributed by atoms with Crippen LogP contribution in [-0.2, 0) is 6.54 Å². The average Bonchev–Trinajstić information content (AvgIpc) is 2.08. The summed E-state index contributed by atoms with van der Waals surface area (Å²) in [7, 11) is 0. The molecule has 1 rings (SSSR count). The second kappa shape index (κ2) is 8.28. The monoisotopic (exact) mass is 254 g/mol.